The van der Waals surface area contributed by atoms with Crippen molar-refractivity contribution in [1.29, 1.82) is 0 Å². The summed E-state index contributed by atoms with van der Waals surface area (Å²) in [6.45, 7) is 1.51. The molecule has 0 aliphatic rings. The Morgan fingerprint density at radius 2 is 2.14 bits per heavy atom. The van der Waals surface area contributed by atoms with Gasteiger partial charge in [0.15, 0.2) is 0 Å². The molecule has 0 radical (unpaired) electrons. The summed E-state index contributed by atoms with van der Waals surface area (Å²) in [4.78, 5) is 20.5. The largest absolute Gasteiger partial charge is 0.495 e. The third-order valence-electron chi connectivity index (χ3n) is 2.65. The molecule has 0 aromatic heterocycles. The molecular weight excluding hydrogens is 304 g/mol. The standard InChI is InChI=1S/C11H14N2O7S/c1-3-8(11(14)15)12-21(18,19)10-5-4-7(13(16)17)6-9(10)20-2/h4-6,8,12H,3H2,1-2H3,(H,14,15)/t8-/m0/s1. The Morgan fingerprint density at radius 3 is 2.57 bits per heavy atom. The lowest BCUT2D eigenvalue weighted by Gasteiger charge is -2.14. The number of carboxylic acids is 1. The van der Waals surface area contributed by atoms with Crippen molar-refractivity contribution in [2.24, 2.45) is 0 Å². The lowest BCUT2D eigenvalue weighted by atomic mass is 10.2. The number of carbonyl (C=O) groups is 1. The average molecular weight is 318 g/mol. The van der Waals surface area contributed by atoms with Gasteiger partial charge in [0.2, 0.25) is 10.0 Å². The number of rotatable bonds is 7. The number of hydrogen-bond acceptors (Lipinski definition) is 6. The Labute approximate surface area is 120 Å². The first-order valence-corrected chi connectivity index (χ1v) is 7.28. The Balaban J connectivity index is 3.25. The summed E-state index contributed by atoms with van der Waals surface area (Å²) in [5.74, 6) is -1.56. The second kappa shape index (κ2) is 6.50. The van der Waals surface area contributed by atoms with Crippen molar-refractivity contribution in [2.45, 2.75) is 24.3 Å². The zero-order valence-corrected chi connectivity index (χ0v) is 12.1. The molecule has 0 heterocycles. The summed E-state index contributed by atoms with van der Waals surface area (Å²) < 4.78 is 31.1. The number of sulfonamides is 1. The first-order valence-electron chi connectivity index (χ1n) is 5.80. The fourth-order valence-corrected chi connectivity index (χ4v) is 2.97. The number of aliphatic carboxylic acids is 1. The summed E-state index contributed by atoms with van der Waals surface area (Å²) in [6.07, 6.45) is 0.0455. The van der Waals surface area contributed by atoms with Crippen molar-refractivity contribution in [3.05, 3.63) is 28.3 Å². The van der Waals surface area contributed by atoms with Gasteiger partial charge in [-0.15, -0.1) is 0 Å². The minimum atomic E-state index is -4.18. The van der Waals surface area contributed by atoms with E-state index in [2.05, 4.69) is 0 Å². The van der Waals surface area contributed by atoms with E-state index in [1.165, 1.54) is 6.92 Å². The van der Waals surface area contributed by atoms with E-state index >= 15 is 0 Å². The number of nitro benzene ring substituents is 1. The molecule has 0 aliphatic heterocycles. The van der Waals surface area contributed by atoms with E-state index in [0.717, 1.165) is 25.3 Å². The lowest BCUT2D eigenvalue weighted by Crippen LogP contribution is -2.40. The maximum Gasteiger partial charge on any atom is 0.321 e. The third-order valence-corrected chi connectivity index (χ3v) is 4.16. The highest BCUT2D eigenvalue weighted by Gasteiger charge is 2.27. The number of nitrogens with one attached hydrogen (secondary N) is 1. The minimum absolute atomic E-state index is 0.0455. The van der Waals surface area contributed by atoms with E-state index in [1.54, 1.807) is 0 Å². The summed E-state index contributed by atoms with van der Waals surface area (Å²) >= 11 is 0. The van der Waals surface area contributed by atoms with Gasteiger partial charge >= 0.3 is 5.97 Å². The molecule has 0 fully saturated rings. The smallest absolute Gasteiger partial charge is 0.321 e. The van der Waals surface area contributed by atoms with E-state index in [1.807, 2.05) is 4.72 Å². The molecule has 1 aromatic carbocycles. The van der Waals surface area contributed by atoms with Gasteiger partial charge in [-0.25, -0.2) is 8.42 Å². The van der Waals surface area contributed by atoms with Crippen LogP contribution in [-0.4, -0.2) is 37.6 Å². The number of carboxylic acid groups (broad SMARTS) is 1. The van der Waals surface area contributed by atoms with E-state index < -0.39 is 27.0 Å². The number of methoxy groups -OCH3 is 1. The monoisotopic (exact) mass is 318 g/mol. The van der Waals surface area contributed by atoms with Crippen molar-refractivity contribution in [1.82, 2.24) is 4.72 Å². The number of hydrogen-bond donors (Lipinski definition) is 2. The molecule has 0 aliphatic carbocycles. The number of non-ortho nitro benzene ring substituents is 1. The number of nitrogens with zero attached hydrogens (tertiary/aromatic N) is 1. The Hall–Kier alpha value is -2.20. The SMILES string of the molecule is CC[C@H](NS(=O)(=O)c1ccc([N+](=O)[O-])cc1OC)C(=O)O. The van der Waals surface area contributed by atoms with Gasteiger partial charge in [0.05, 0.1) is 18.1 Å². The first kappa shape index (κ1) is 16.9. The van der Waals surface area contributed by atoms with Gasteiger partial charge in [0, 0.05) is 6.07 Å². The van der Waals surface area contributed by atoms with Crippen LogP contribution in [0.1, 0.15) is 13.3 Å². The van der Waals surface area contributed by atoms with Crippen LogP contribution in [0.15, 0.2) is 23.1 Å². The fourth-order valence-electron chi connectivity index (χ4n) is 1.55. The molecular formula is C11H14N2O7S. The predicted octanol–water partition coefficient (Wildman–Crippen LogP) is 0.745. The molecule has 0 amide bonds. The van der Waals surface area contributed by atoms with E-state index in [-0.39, 0.29) is 22.8 Å². The Bertz CT molecular complexity index is 657. The maximum absolute atomic E-state index is 12.1. The topological polar surface area (TPSA) is 136 Å². The van der Waals surface area contributed by atoms with Gasteiger partial charge in [-0.1, -0.05) is 6.92 Å². The summed E-state index contributed by atoms with van der Waals surface area (Å²) in [7, 11) is -3.02. The first-order chi connectivity index (χ1) is 9.72. The predicted molar refractivity (Wildman–Crippen MR) is 71.7 cm³/mol. The van der Waals surface area contributed by atoms with Crippen LogP contribution in [0.5, 0.6) is 5.75 Å². The minimum Gasteiger partial charge on any atom is -0.495 e. The third kappa shape index (κ3) is 3.89. The second-order valence-corrected chi connectivity index (χ2v) is 5.70. The molecule has 1 rings (SSSR count). The van der Waals surface area contributed by atoms with E-state index in [0.29, 0.717) is 0 Å². The highest BCUT2D eigenvalue weighted by atomic mass is 32.2. The molecule has 0 saturated carbocycles. The molecule has 1 atom stereocenters. The molecule has 2 N–H and O–H groups in total. The average Bonchev–Trinajstić information content (AvgIpc) is 2.43. The van der Waals surface area contributed by atoms with Crippen LogP contribution < -0.4 is 9.46 Å². The van der Waals surface area contributed by atoms with Crippen molar-refractivity contribution in [2.75, 3.05) is 7.11 Å². The van der Waals surface area contributed by atoms with Crippen molar-refractivity contribution >= 4 is 21.7 Å². The van der Waals surface area contributed by atoms with Gasteiger partial charge in [-0.2, -0.15) is 4.72 Å². The summed E-state index contributed by atoms with van der Waals surface area (Å²) in [5, 5.41) is 19.5. The number of ether oxygens (including phenoxy) is 1. The van der Waals surface area contributed by atoms with Gasteiger partial charge in [0.25, 0.3) is 5.69 Å². The maximum atomic E-state index is 12.1. The van der Waals surface area contributed by atoms with Gasteiger partial charge in [0.1, 0.15) is 16.7 Å². The molecule has 116 valence electrons. The van der Waals surface area contributed by atoms with Crippen LogP contribution >= 0.6 is 0 Å². The van der Waals surface area contributed by atoms with Crippen LogP contribution in [0.3, 0.4) is 0 Å². The number of nitro groups is 1. The Morgan fingerprint density at radius 1 is 1.52 bits per heavy atom. The van der Waals surface area contributed by atoms with Crippen LogP contribution in [-0.2, 0) is 14.8 Å². The summed E-state index contributed by atoms with van der Waals surface area (Å²) in [6, 6.07) is 1.65. The van der Waals surface area contributed by atoms with Gasteiger partial charge < -0.3 is 9.84 Å². The van der Waals surface area contributed by atoms with Crippen LogP contribution in [0.4, 0.5) is 5.69 Å². The normalized spacial score (nSPS) is 12.7. The quantitative estimate of drug-likeness (QED) is 0.559. The molecule has 10 heteroatoms. The van der Waals surface area contributed by atoms with E-state index in [4.69, 9.17) is 9.84 Å². The van der Waals surface area contributed by atoms with Crippen molar-refractivity contribution in [3.63, 3.8) is 0 Å². The molecule has 9 nitrogen and oxygen atoms in total. The highest BCUT2D eigenvalue weighted by molar-refractivity contribution is 7.89. The molecule has 0 spiro atoms. The Kier molecular flexibility index (Phi) is 5.22. The molecule has 1 aromatic rings. The fraction of sp³-hybridized carbons (Fsp3) is 0.364. The highest BCUT2D eigenvalue weighted by Crippen LogP contribution is 2.28. The molecule has 0 saturated heterocycles. The second-order valence-electron chi connectivity index (χ2n) is 4.01. The van der Waals surface area contributed by atoms with Gasteiger partial charge in [-0.05, 0) is 12.5 Å². The molecule has 21 heavy (non-hydrogen) atoms. The van der Waals surface area contributed by atoms with Crippen molar-refractivity contribution < 1.29 is 28.0 Å². The van der Waals surface area contributed by atoms with Crippen molar-refractivity contribution in [3.8, 4) is 5.75 Å². The zero-order chi connectivity index (χ0) is 16.2. The van der Waals surface area contributed by atoms with Gasteiger partial charge in [-0.3, -0.25) is 14.9 Å². The van der Waals surface area contributed by atoms with Crippen LogP contribution in [0, 0.1) is 10.1 Å². The summed E-state index contributed by atoms with van der Waals surface area (Å²) in [5.41, 5.74) is -0.337. The van der Waals surface area contributed by atoms with Crippen LogP contribution in [0.2, 0.25) is 0 Å². The van der Waals surface area contributed by atoms with Crippen LogP contribution in [0.25, 0.3) is 0 Å². The number of benzene rings is 1. The molecule has 0 bridgehead atoms. The zero-order valence-electron chi connectivity index (χ0n) is 11.3. The van der Waals surface area contributed by atoms with E-state index in [9.17, 15) is 23.3 Å². The molecule has 0 unspecified atom stereocenters. The lowest BCUT2D eigenvalue weighted by molar-refractivity contribution is -0.385.